The van der Waals surface area contributed by atoms with Gasteiger partial charge in [0.1, 0.15) is 0 Å². The third-order valence-corrected chi connectivity index (χ3v) is 9.84. The van der Waals surface area contributed by atoms with Crippen LogP contribution in [0.4, 0.5) is 11.4 Å². The van der Waals surface area contributed by atoms with Crippen LogP contribution in [0.15, 0.2) is 101 Å². The van der Waals surface area contributed by atoms with Gasteiger partial charge in [-0.15, -0.1) is 0 Å². The normalized spacial score (nSPS) is 16.1. The quantitative estimate of drug-likeness (QED) is 0.150. The van der Waals surface area contributed by atoms with Crippen LogP contribution in [0.2, 0.25) is 5.02 Å². The highest BCUT2D eigenvalue weighted by Crippen LogP contribution is 2.43. The molecular formula is C38H39ClN4O2S. The fourth-order valence-electron chi connectivity index (χ4n) is 6.04. The number of nitrogens with zero attached hydrogens (tertiary/aromatic N) is 3. The van der Waals surface area contributed by atoms with Crippen LogP contribution in [0.1, 0.15) is 39.0 Å². The average molecular weight is 651 g/mol. The smallest absolute Gasteiger partial charge is 0.265 e. The van der Waals surface area contributed by atoms with Crippen molar-refractivity contribution in [3.63, 3.8) is 0 Å². The zero-order chi connectivity index (χ0) is 32.0. The fraction of sp³-hybridized carbons (Fsp3) is 0.263. The molecule has 1 N–H and O–H groups in total. The molecule has 0 unspecified atom stereocenters. The molecule has 0 atom stereocenters. The molecule has 4 aromatic rings. The van der Waals surface area contributed by atoms with E-state index in [4.69, 9.17) is 11.6 Å². The minimum Gasteiger partial charge on any atom is -0.369 e. The number of aryl methyl sites for hydroxylation is 2. The number of carbonyl (C=O) groups is 2. The van der Waals surface area contributed by atoms with Crippen molar-refractivity contribution in [3.8, 4) is 0 Å². The van der Waals surface area contributed by atoms with Gasteiger partial charge in [-0.25, -0.2) is 0 Å². The summed E-state index contributed by atoms with van der Waals surface area (Å²) in [5, 5.41) is 3.88. The van der Waals surface area contributed by atoms with Crippen molar-refractivity contribution in [2.24, 2.45) is 0 Å². The van der Waals surface area contributed by atoms with E-state index in [9.17, 15) is 9.59 Å². The molecule has 2 aliphatic heterocycles. The van der Waals surface area contributed by atoms with Crippen LogP contribution in [-0.4, -0.2) is 56.0 Å². The molecule has 46 heavy (non-hydrogen) atoms. The number of anilines is 2. The van der Waals surface area contributed by atoms with Gasteiger partial charge in [0, 0.05) is 53.9 Å². The molecule has 1 fully saturated rings. The summed E-state index contributed by atoms with van der Waals surface area (Å²) in [6, 6.07) is 29.9. The molecule has 2 aliphatic rings. The Balaban J connectivity index is 1.09. The predicted octanol–water partition coefficient (Wildman–Crippen LogP) is 7.58. The summed E-state index contributed by atoms with van der Waals surface area (Å²) >= 11 is 7.70. The van der Waals surface area contributed by atoms with Crippen LogP contribution in [0.5, 0.6) is 0 Å². The molecule has 6 rings (SSSR count). The van der Waals surface area contributed by atoms with E-state index in [1.807, 2.05) is 72.8 Å². The van der Waals surface area contributed by atoms with Gasteiger partial charge in [-0.2, -0.15) is 0 Å². The Hall–Kier alpha value is -4.04. The lowest BCUT2D eigenvalue weighted by Gasteiger charge is -2.37. The van der Waals surface area contributed by atoms with Crippen molar-refractivity contribution in [3.05, 3.63) is 129 Å². The maximum atomic E-state index is 13.9. The standard InChI is InChI=1S/C38H39ClN4O2S/c1-27-8-6-11-30(22-27)26-43-34-24-31(13-15-35(34)46-36(38(43)45)23-29-9-4-3-5-10-29)37(44)40-16-7-17-41-18-20-42(21-19-41)33-25-32(39)14-12-28(33)2/h3-6,8-15,22-25H,7,16-21,26H2,1-2H3,(H,40,44). The molecule has 0 aliphatic carbocycles. The van der Waals surface area contributed by atoms with E-state index in [1.165, 1.54) is 23.0 Å². The average Bonchev–Trinajstić information content (AvgIpc) is 3.06. The number of halogens is 1. The predicted molar refractivity (Wildman–Crippen MR) is 191 cm³/mol. The SMILES string of the molecule is Cc1cccc(CN2C(=O)C(=Cc3ccccc3)Sc3ccc(C(=O)NCCCN4CCN(c5cc(Cl)ccc5C)CC4)cc32)c1. The Labute approximate surface area is 281 Å². The summed E-state index contributed by atoms with van der Waals surface area (Å²) in [5.41, 5.74) is 6.95. The lowest BCUT2D eigenvalue weighted by atomic mass is 10.1. The van der Waals surface area contributed by atoms with Crippen molar-refractivity contribution in [2.45, 2.75) is 31.7 Å². The number of hydrogen-bond donors (Lipinski definition) is 1. The summed E-state index contributed by atoms with van der Waals surface area (Å²) in [5.74, 6) is -0.186. The van der Waals surface area contributed by atoms with Gasteiger partial charge >= 0.3 is 0 Å². The number of thioether (sulfide) groups is 1. The van der Waals surface area contributed by atoms with Gasteiger partial charge in [-0.05, 0) is 79.9 Å². The van der Waals surface area contributed by atoms with Crippen molar-refractivity contribution in [1.82, 2.24) is 10.2 Å². The third kappa shape index (κ3) is 7.66. The number of amides is 2. The van der Waals surface area contributed by atoms with Gasteiger partial charge < -0.3 is 15.1 Å². The summed E-state index contributed by atoms with van der Waals surface area (Å²) in [6.45, 7) is 10.0. The number of rotatable bonds is 9. The lowest BCUT2D eigenvalue weighted by molar-refractivity contribution is -0.114. The van der Waals surface area contributed by atoms with Gasteiger partial charge in [-0.3, -0.25) is 14.5 Å². The molecule has 6 nitrogen and oxygen atoms in total. The van der Waals surface area contributed by atoms with E-state index in [2.05, 4.69) is 53.2 Å². The number of benzene rings is 4. The first-order chi connectivity index (χ1) is 22.3. The highest BCUT2D eigenvalue weighted by Gasteiger charge is 2.30. The molecule has 0 saturated carbocycles. The molecule has 0 bridgehead atoms. The van der Waals surface area contributed by atoms with E-state index in [0.717, 1.165) is 71.4 Å². The minimum absolute atomic E-state index is 0.0639. The first kappa shape index (κ1) is 31.9. The van der Waals surface area contributed by atoms with Gasteiger partial charge in [0.05, 0.1) is 17.1 Å². The van der Waals surface area contributed by atoms with E-state index in [0.29, 0.717) is 23.6 Å². The van der Waals surface area contributed by atoms with Gasteiger partial charge in [0.25, 0.3) is 11.8 Å². The van der Waals surface area contributed by atoms with Crippen molar-refractivity contribution in [1.29, 1.82) is 0 Å². The maximum Gasteiger partial charge on any atom is 0.265 e. The van der Waals surface area contributed by atoms with Gasteiger partial charge in [0.15, 0.2) is 0 Å². The third-order valence-electron chi connectivity index (χ3n) is 8.53. The fourth-order valence-corrected chi connectivity index (χ4v) is 7.25. The second kappa shape index (κ2) is 14.6. The Morgan fingerprint density at radius 1 is 0.891 bits per heavy atom. The lowest BCUT2D eigenvalue weighted by Crippen LogP contribution is -2.47. The molecule has 0 spiro atoms. The maximum absolute atomic E-state index is 13.9. The van der Waals surface area contributed by atoms with Crippen molar-refractivity contribution in [2.75, 3.05) is 49.1 Å². The highest BCUT2D eigenvalue weighted by molar-refractivity contribution is 8.04. The Kier molecular flexibility index (Phi) is 10.1. The zero-order valence-corrected chi connectivity index (χ0v) is 27.9. The molecule has 2 heterocycles. The van der Waals surface area contributed by atoms with Crippen LogP contribution < -0.4 is 15.1 Å². The van der Waals surface area contributed by atoms with Gasteiger partial charge in [0.2, 0.25) is 0 Å². The highest BCUT2D eigenvalue weighted by atomic mass is 35.5. The van der Waals surface area contributed by atoms with Gasteiger partial charge in [-0.1, -0.05) is 89.6 Å². The Morgan fingerprint density at radius 3 is 2.48 bits per heavy atom. The monoisotopic (exact) mass is 650 g/mol. The summed E-state index contributed by atoms with van der Waals surface area (Å²) in [6.07, 6.45) is 2.81. The van der Waals surface area contributed by atoms with E-state index >= 15 is 0 Å². The number of carbonyl (C=O) groups excluding carboxylic acids is 2. The molecule has 0 aromatic heterocycles. The Bertz CT molecular complexity index is 1750. The number of fused-ring (bicyclic) bond motifs is 1. The molecule has 0 radical (unpaired) electrons. The number of piperazine rings is 1. The summed E-state index contributed by atoms with van der Waals surface area (Å²) < 4.78 is 0. The number of nitrogens with one attached hydrogen (secondary N) is 1. The van der Waals surface area contributed by atoms with E-state index in [-0.39, 0.29) is 11.8 Å². The molecule has 1 saturated heterocycles. The molecule has 4 aromatic carbocycles. The topological polar surface area (TPSA) is 55.9 Å². The van der Waals surface area contributed by atoms with Crippen LogP contribution in [0.25, 0.3) is 6.08 Å². The van der Waals surface area contributed by atoms with Crippen LogP contribution >= 0.6 is 23.4 Å². The minimum atomic E-state index is -0.123. The largest absolute Gasteiger partial charge is 0.369 e. The molecule has 2 amide bonds. The summed E-state index contributed by atoms with van der Waals surface area (Å²) in [4.78, 5) is 35.4. The van der Waals surface area contributed by atoms with Crippen molar-refractivity contribution < 1.29 is 9.59 Å². The van der Waals surface area contributed by atoms with Crippen molar-refractivity contribution >= 4 is 52.6 Å². The summed E-state index contributed by atoms with van der Waals surface area (Å²) in [7, 11) is 0. The molecular weight excluding hydrogens is 612 g/mol. The number of hydrogen-bond acceptors (Lipinski definition) is 5. The first-order valence-electron chi connectivity index (χ1n) is 15.8. The van der Waals surface area contributed by atoms with E-state index < -0.39 is 0 Å². The van der Waals surface area contributed by atoms with Crippen LogP contribution in [0, 0.1) is 13.8 Å². The first-order valence-corrected chi connectivity index (χ1v) is 17.0. The van der Waals surface area contributed by atoms with E-state index in [1.54, 1.807) is 4.90 Å². The Morgan fingerprint density at radius 2 is 1.70 bits per heavy atom. The second-order valence-corrected chi connectivity index (χ2v) is 13.5. The molecule has 236 valence electrons. The molecule has 8 heteroatoms. The zero-order valence-electron chi connectivity index (χ0n) is 26.3. The van der Waals surface area contributed by atoms with Crippen LogP contribution in [0.3, 0.4) is 0 Å². The van der Waals surface area contributed by atoms with Crippen LogP contribution in [-0.2, 0) is 11.3 Å². The second-order valence-electron chi connectivity index (χ2n) is 12.0.